The molecule has 0 spiro atoms. The van der Waals surface area contributed by atoms with Crippen molar-refractivity contribution >= 4 is 5.91 Å². The molecule has 0 saturated heterocycles. The molecule has 0 unspecified atom stereocenters. The highest BCUT2D eigenvalue weighted by Crippen LogP contribution is 2.35. The van der Waals surface area contributed by atoms with Gasteiger partial charge in [0.2, 0.25) is 0 Å². The molecule has 0 radical (unpaired) electrons. The van der Waals surface area contributed by atoms with Crippen LogP contribution in [0.15, 0.2) is 12.5 Å². The lowest BCUT2D eigenvalue weighted by atomic mass is 10.3. The minimum Gasteiger partial charge on any atom is -0.347 e. The molecular weight excluding hydrogens is 237 g/mol. The van der Waals surface area contributed by atoms with E-state index in [1.165, 1.54) is 17.8 Å². The topological polar surface area (TPSA) is 57.8 Å². The van der Waals surface area contributed by atoms with Gasteiger partial charge in [0.15, 0.2) is 0 Å². The average Bonchev–Trinajstić information content (AvgIpc) is 2.64. The summed E-state index contributed by atoms with van der Waals surface area (Å²) in [7, 11) is 0. The third kappa shape index (κ3) is 2.47. The third-order valence-corrected chi connectivity index (χ3v) is 1.64. The molecule has 0 saturated carbocycles. The number of aromatic amines is 1. The molecule has 0 aliphatic rings. The number of rotatable bonds is 3. The molecular formula is C7H6F5N3O. The van der Waals surface area contributed by atoms with E-state index in [4.69, 9.17) is 0 Å². The Kier molecular flexibility index (Phi) is 3.15. The molecule has 16 heavy (non-hydrogen) atoms. The molecule has 0 bridgehead atoms. The van der Waals surface area contributed by atoms with Crippen molar-refractivity contribution in [3.8, 4) is 0 Å². The maximum atomic E-state index is 12.4. The predicted octanol–water partition coefficient (Wildman–Crippen LogP) is 1.22. The van der Waals surface area contributed by atoms with Gasteiger partial charge in [-0.15, -0.1) is 0 Å². The summed E-state index contributed by atoms with van der Waals surface area (Å²) >= 11 is 0. The summed E-state index contributed by atoms with van der Waals surface area (Å²) in [5, 5.41) is 1.45. The molecule has 2 N–H and O–H groups in total. The molecule has 1 aromatic rings. The van der Waals surface area contributed by atoms with Crippen LogP contribution in [0.1, 0.15) is 5.69 Å². The first kappa shape index (κ1) is 12.4. The van der Waals surface area contributed by atoms with Gasteiger partial charge in [0.1, 0.15) is 0 Å². The van der Waals surface area contributed by atoms with Crippen LogP contribution in [0.2, 0.25) is 0 Å². The predicted molar refractivity (Wildman–Crippen MR) is 41.4 cm³/mol. The Morgan fingerprint density at radius 1 is 1.38 bits per heavy atom. The van der Waals surface area contributed by atoms with E-state index in [2.05, 4.69) is 9.97 Å². The molecule has 0 aliphatic heterocycles. The van der Waals surface area contributed by atoms with E-state index in [1.807, 2.05) is 0 Å². The summed E-state index contributed by atoms with van der Waals surface area (Å²) in [5.41, 5.74) is 0.214. The molecule has 0 fully saturated rings. The smallest absolute Gasteiger partial charge is 0.347 e. The Morgan fingerprint density at radius 2 is 2.00 bits per heavy atom. The highest BCUT2D eigenvalue weighted by Gasteiger charge is 2.63. The van der Waals surface area contributed by atoms with Crippen molar-refractivity contribution in [1.82, 2.24) is 15.3 Å². The molecule has 0 atom stereocenters. The summed E-state index contributed by atoms with van der Waals surface area (Å²) < 4.78 is 59.9. The molecule has 1 aromatic heterocycles. The van der Waals surface area contributed by atoms with Gasteiger partial charge < -0.3 is 10.3 Å². The van der Waals surface area contributed by atoms with E-state index >= 15 is 0 Å². The standard InChI is InChI=1S/C7H6F5N3O/c8-6(9,7(10,11)12)5(16)14-2-4-1-13-3-15-4/h1,3H,2H2,(H,13,15)(H,14,16). The zero-order chi connectivity index (χ0) is 12.4. The van der Waals surface area contributed by atoms with E-state index in [0.717, 1.165) is 0 Å². The van der Waals surface area contributed by atoms with Crippen molar-refractivity contribution in [2.75, 3.05) is 0 Å². The summed E-state index contributed by atoms with van der Waals surface area (Å²) in [4.78, 5) is 16.5. The zero-order valence-electron chi connectivity index (χ0n) is 7.61. The van der Waals surface area contributed by atoms with Crippen molar-refractivity contribution in [3.05, 3.63) is 18.2 Å². The maximum absolute atomic E-state index is 12.4. The molecule has 0 aliphatic carbocycles. The van der Waals surface area contributed by atoms with Gasteiger partial charge in [0, 0.05) is 6.20 Å². The minimum atomic E-state index is -5.90. The Labute approximate surface area is 85.9 Å². The first-order valence-electron chi connectivity index (χ1n) is 3.95. The van der Waals surface area contributed by atoms with Crippen molar-refractivity contribution in [2.24, 2.45) is 0 Å². The van der Waals surface area contributed by atoms with E-state index in [9.17, 15) is 26.7 Å². The summed E-state index contributed by atoms with van der Waals surface area (Å²) in [6, 6.07) is 0. The van der Waals surface area contributed by atoms with Gasteiger partial charge in [-0.05, 0) is 0 Å². The number of aromatic nitrogens is 2. The van der Waals surface area contributed by atoms with E-state index in [1.54, 1.807) is 0 Å². The fourth-order valence-corrected chi connectivity index (χ4v) is 0.797. The van der Waals surface area contributed by atoms with Gasteiger partial charge in [-0.25, -0.2) is 4.98 Å². The van der Waals surface area contributed by atoms with Crippen LogP contribution in [0.3, 0.4) is 0 Å². The molecule has 0 aromatic carbocycles. The number of H-pyrrole nitrogens is 1. The van der Waals surface area contributed by atoms with Crippen molar-refractivity contribution < 1.29 is 26.7 Å². The number of carbonyl (C=O) groups excluding carboxylic acids is 1. The van der Waals surface area contributed by atoms with Crippen LogP contribution in [-0.4, -0.2) is 28.0 Å². The Balaban J connectivity index is 2.59. The number of hydrogen-bond donors (Lipinski definition) is 2. The van der Waals surface area contributed by atoms with Gasteiger partial charge in [-0.2, -0.15) is 22.0 Å². The van der Waals surface area contributed by atoms with Crippen LogP contribution in [0.4, 0.5) is 22.0 Å². The highest BCUT2D eigenvalue weighted by molar-refractivity contribution is 5.84. The summed E-state index contributed by atoms with van der Waals surface area (Å²) in [5.74, 6) is -7.79. The normalized spacial score (nSPS) is 12.6. The number of halogens is 5. The quantitative estimate of drug-likeness (QED) is 0.784. The molecule has 1 rings (SSSR count). The average molecular weight is 243 g/mol. The van der Waals surface area contributed by atoms with Crippen molar-refractivity contribution in [2.45, 2.75) is 18.6 Å². The van der Waals surface area contributed by atoms with Gasteiger partial charge in [0.05, 0.1) is 18.6 Å². The van der Waals surface area contributed by atoms with Gasteiger partial charge in [-0.1, -0.05) is 0 Å². The Morgan fingerprint density at radius 3 is 2.44 bits per heavy atom. The fraction of sp³-hybridized carbons (Fsp3) is 0.429. The SMILES string of the molecule is O=C(NCc1cnc[nH]1)C(F)(F)C(F)(F)F. The minimum absolute atomic E-state index is 0.214. The second-order valence-corrected chi connectivity index (χ2v) is 2.83. The van der Waals surface area contributed by atoms with Crippen LogP contribution in [0.25, 0.3) is 0 Å². The second kappa shape index (κ2) is 4.06. The molecule has 9 heteroatoms. The maximum Gasteiger partial charge on any atom is 0.463 e. The second-order valence-electron chi connectivity index (χ2n) is 2.83. The fourth-order valence-electron chi connectivity index (χ4n) is 0.797. The van der Waals surface area contributed by atoms with Crippen molar-refractivity contribution in [1.29, 1.82) is 0 Å². The van der Waals surface area contributed by atoms with Crippen LogP contribution < -0.4 is 5.32 Å². The lowest BCUT2D eigenvalue weighted by Gasteiger charge is -2.18. The lowest BCUT2D eigenvalue weighted by Crippen LogP contribution is -2.50. The number of nitrogens with one attached hydrogen (secondary N) is 2. The van der Waals surface area contributed by atoms with Crippen LogP contribution in [0.5, 0.6) is 0 Å². The highest BCUT2D eigenvalue weighted by atomic mass is 19.4. The van der Waals surface area contributed by atoms with E-state index < -0.39 is 24.6 Å². The largest absolute Gasteiger partial charge is 0.463 e. The summed E-state index contributed by atoms with van der Waals surface area (Å²) in [6.45, 7) is -0.482. The Hall–Kier alpha value is -1.67. The van der Waals surface area contributed by atoms with Crippen LogP contribution in [-0.2, 0) is 11.3 Å². The number of nitrogens with zero attached hydrogens (tertiary/aromatic N) is 1. The first-order valence-corrected chi connectivity index (χ1v) is 3.95. The van der Waals surface area contributed by atoms with Crippen LogP contribution >= 0.6 is 0 Å². The van der Waals surface area contributed by atoms with E-state index in [0.29, 0.717) is 0 Å². The van der Waals surface area contributed by atoms with Gasteiger partial charge >= 0.3 is 18.0 Å². The number of carbonyl (C=O) groups is 1. The molecule has 1 heterocycles. The number of imidazole rings is 1. The lowest BCUT2D eigenvalue weighted by molar-refractivity contribution is -0.269. The van der Waals surface area contributed by atoms with E-state index in [-0.39, 0.29) is 5.69 Å². The monoisotopic (exact) mass is 243 g/mol. The number of alkyl halides is 5. The van der Waals surface area contributed by atoms with Crippen molar-refractivity contribution in [3.63, 3.8) is 0 Å². The summed E-state index contributed by atoms with van der Waals surface area (Å²) in [6.07, 6.45) is -3.51. The first-order chi connectivity index (χ1) is 7.25. The number of amides is 1. The van der Waals surface area contributed by atoms with Gasteiger partial charge in [-0.3, -0.25) is 4.79 Å². The third-order valence-electron chi connectivity index (χ3n) is 1.64. The van der Waals surface area contributed by atoms with Gasteiger partial charge in [0.25, 0.3) is 0 Å². The number of hydrogen-bond acceptors (Lipinski definition) is 2. The van der Waals surface area contributed by atoms with Crippen LogP contribution in [0, 0.1) is 0 Å². The molecule has 4 nitrogen and oxygen atoms in total. The molecule has 90 valence electrons. The molecule has 1 amide bonds. The zero-order valence-corrected chi connectivity index (χ0v) is 7.61. The Bertz CT molecular complexity index is 359.